The van der Waals surface area contributed by atoms with Gasteiger partial charge < -0.3 is 8.98 Å². The van der Waals surface area contributed by atoms with Crippen molar-refractivity contribution in [1.82, 2.24) is 4.57 Å². The molecule has 0 saturated carbocycles. The lowest BCUT2D eigenvalue weighted by Crippen LogP contribution is -1.92. The van der Waals surface area contributed by atoms with Gasteiger partial charge in [0.1, 0.15) is 11.2 Å². The molecule has 0 bridgehead atoms. The molecule has 0 amide bonds. The summed E-state index contributed by atoms with van der Waals surface area (Å²) in [4.78, 5) is 0. The average molecular weight is 638 g/mol. The van der Waals surface area contributed by atoms with E-state index in [-0.39, 0.29) is 0 Å². The van der Waals surface area contributed by atoms with E-state index in [2.05, 4.69) is 159 Å². The summed E-state index contributed by atoms with van der Waals surface area (Å²) < 4.78 is 10.8. The molecule has 0 aliphatic carbocycles. The summed E-state index contributed by atoms with van der Waals surface area (Å²) in [5, 5.41) is 7.83. The van der Waals surface area contributed by atoms with E-state index in [1.54, 1.807) is 0 Å². The maximum atomic E-state index is 5.71. The third-order valence-electron chi connectivity index (χ3n) is 8.91. The van der Waals surface area contributed by atoms with Gasteiger partial charge in [0.15, 0.2) is 0 Å². The fourth-order valence-corrected chi connectivity index (χ4v) is 7.71. The number of hydrogen-bond donors (Lipinski definition) is 0. The second-order valence-corrected chi connectivity index (χ2v) is 13.5. The summed E-state index contributed by atoms with van der Waals surface area (Å²) in [5.41, 5.74) is 9.58. The van der Waals surface area contributed by atoms with Gasteiger partial charge in [0.2, 0.25) is 0 Å². The predicted octanol–water partition coefficient (Wildman–Crippen LogP) is 13.3. The van der Waals surface area contributed by atoms with Gasteiger partial charge in [-0.05, 0) is 87.5 Å². The van der Waals surface area contributed by atoms with Crippen molar-refractivity contribution >= 4 is 75.3 Å². The molecular formula is C45H35NOS. The Bertz CT molecular complexity index is 2600. The monoisotopic (exact) mass is 637 g/mol. The van der Waals surface area contributed by atoms with Gasteiger partial charge in [0.25, 0.3) is 0 Å². The molecule has 0 aliphatic rings. The van der Waals surface area contributed by atoms with Crippen molar-refractivity contribution in [3.63, 3.8) is 0 Å². The van der Waals surface area contributed by atoms with Crippen LogP contribution < -0.4 is 0 Å². The maximum absolute atomic E-state index is 5.71. The summed E-state index contributed by atoms with van der Waals surface area (Å²) >= 11 is 1.87. The zero-order valence-electron chi connectivity index (χ0n) is 27.3. The number of hydrogen-bond acceptors (Lipinski definition) is 2. The lowest BCUT2D eigenvalue weighted by Gasteiger charge is -2.07. The summed E-state index contributed by atoms with van der Waals surface area (Å²) in [5.74, 6) is 0. The minimum Gasteiger partial charge on any atom is -0.456 e. The Morgan fingerprint density at radius 2 is 0.938 bits per heavy atom. The molecule has 10 rings (SSSR count). The molecule has 3 heterocycles. The van der Waals surface area contributed by atoms with Crippen molar-refractivity contribution in [2.75, 3.05) is 0 Å². The van der Waals surface area contributed by atoms with Gasteiger partial charge in [-0.3, -0.25) is 0 Å². The van der Waals surface area contributed by atoms with Crippen LogP contribution >= 0.6 is 11.3 Å². The molecular weight excluding hydrogens is 603 g/mol. The van der Waals surface area contributed by atoms with E-state index >= 15 is 0 Å². The number of nitrogens with zero attached hydrogens (tertiary/aromatic N) is 1. The molecule has 0 atom stereocenters. The number of aryl methyl sites for hydroxylation is 3. The van der Waals surface area contributed by atoms with Crippen LogP contribution in [0.2, 0.25) is 0 Å². The molecule has 0 saturated heterocycles. The van der Waals surface area contributed by atoms with Crippen LogP contribution in [-0.4, -0.2) is 4.57 Å². The number of rotatable bonds is 1. The molecule has 0 N–H and O–H groups in total. The Morgan fingerprint density at radius 3 is 1.75 bits per heavy atom. The summed E-state index contributed by atoms with van der Waals surface area (Å²) in [6.07, 6.45) is 0. The Labute approximate surface area is 284 Å². The number of furan rings is 1. The van der Waals surface area contributed by atoms with Crippen molar-refractivity contribution in [3.8, 4) is 5.69 Å². The van der Waals surface area contributed by atoms with E-state index in [0.29, 0.717) is 0 Å². The molecule has 2 nitrogen and oxygen atoms in total. The smallest absolute Gasteiger partial charge is 0.135 e. The lowest BCUT2D eigenvalue weighted by molar-refractivity contribution is 0.669. The summed E-state index contributed by atoms with van der Waals surface area (Å²) in [6, 6.07) is 55.5. The second-order valence-electron chi connectivity index (χ2n) is 12.4. The minimum absolute atomic E-state index is 0.966. The first kappa shape index (κ1) is 29.7. The fraction of sp³-hybridized carbons (Fsp3) is 0.0667. The number of aromatic nitrogens is 1. The van der Waals surface area contributed by atoms with Crippen LogP contribution in [0.5, 0.6) is 0 Å². The van der Waals surface area contributed by atoms with Gasteiger partial charge in [-0.15, -0.1) is 11.3 Å². The third kappa shape index (κ3) is 5.53. The van der Waals surface area contributed by atoms with Gasteiger partial charge in [-0.25, -0.2) is 0 Å². The van der Waals surface area contributed by atoms with Gasteiger partial charge in [-0.1, -0.05) is 108 Å². The van der Waals surface area contributed by atoms with Crippen LogP contribution in [0.3, 0.4) is 0 Å². The van der Waals surface area contributed by atoms with Crippen LogP contribution in [0.15, 0.2) is 162 Å². The Kier molecular flexibility index (Phi) is 7.76. The lowest BCUT2D eigenvalue weighted by atomic mass is 10.1. The quantitative estimate of drug-likeness (QED) is 0.175. The molecule has 232 valence electrons. The Morgan fingerprint density at radius 1 is 0.396 bits per heavy atom. The molecule has 0 spiro atoms. The minimum atomic E-state index is 0.966. The normalized spacial score (nSPS) is 11.2. The highest BCUT2D eigenvalue weighted by Crippen LogP contribution is 2.34. The van der Waals surface area contributed by atoms with Crippen LogP contribution in [-0.2, 0) is 0 Å². The number of benzene rings is 7. The molecule has 7 aromatic carbocycles. The molecule has 0 unspecified atom stereocenters. The highest BCUT2D eigenvalue weighted by Gasteiger charge is 2.11. The van der Waals surface area contributed by atoms with Crippen molar-refractivity contribution in [1.29, 1.82) is 0 Å². The van der Waals surface area contributed by atoms with Gasteiger partial charge in [0, 0.05) is 47.4 Å². The zero-order chi connectivity index (χ0) is 32.6. The molecule has 0 radical (unpaired) electrons. The van der Waals surface area contributed by atoms with E-state index in [4.69, 9.17) is 4.42 Å². The molecule has 3 heteroatoms. The van der Waals surface area contributed by atoms with Gasteiger partial charge in [0.05, 0.1) is 11.0 Å². The number of para-hydroxylation sites is 3. The van der Waals surface area contributed by atoms with E-state index in [1.807, 2.05) is 35.6 Å². The fourth-order valence-electron chi connectivity index (χ4n) is 6.62. The number of thiophene rings is 1. The first-order valence-electron chi connectivity index (χ1n) is 16.3. The van der Waals surface area contributed by atoms with Crippen LogP contribution in [0.1, 0.15) is 16.7 Å². The first-order valence-corrected chi connectivity index (χ1v) is 17.2. The SMILES string of the molecule is Cc1ccc2c(c1)c1ccccc1n2-c1ccccc1.Cc1ccc2oc3ccccc3c2c1.Cc1ccc2sc3ccccc3c2c1. The molecule has 48 heavy (non-hydrogen) atoms. The predicted molar refractivity (Wildman–Crippen MR) is 208 cm³/mol. The Hall–Kier alpha value is -5.64. The third-order valence-corrected chi connectivity index (χ3v) is 10.1. The molecule has 0 aliphatic heterocycles. The van der Waals surface area contributed by atoms with Gasteiger partial charge >= 0.3 is 0 Å². The van der Waals surface area contributed by atoms with E-state index < -0.39 is 0 Å². The highest BCUT2D eigenvalue weighted by atomic mass is 32.1. The van der Waals surface area contributed by atoms with Crippen molar-refractivity contribution in [3.05, 3.63) is 174 Å². The van der Waals surface area contributed by atoms with Crippen molar-refractivity contribution in [2.24, 2.45) is 0 Å². The first-order chi connectivity index (χ1) is 23.5. The molecule has 3 aromatic heterocycles. The molecule has 10 aromatic rings. The van der Waals surface area contributed by atoms with Gasteiger partial charge in [-0.2, -0.15) is 0 Å². The van der Waals surface area contributed by atoms with E-state index in [0.717, 1.165) is 11.2 Å². The van der Waals surface area contributed by atoms with E-state index in [9.17, 15) is 0 Å². The topological polar surface area (TPSA) is 18.1 Å². The van der Waals surface area contributed by atoms with Crippen molar-refractivity contribution < 1.29 is 4.42 Å². The molecule has 0 fully saturated rings. The standard InChI is InChI=1S/C19H15N.C13H10O.C13H10S/c1-14-11-12-19-17(13-14)16-9-5-6-10-18(16)20(19)15-7-3-2-4-8-15;2*1-9-6-7-13-11(8-9)10-4-2-3-5-12(10)14-13/h2-13H,1H3;2*2-8H,1H3. The zero-order valence-corrected chi connectivity index (χ0v) is 28.1. The number of fused-ring (bicyclic) bond motifs is 9. The summed E-state index contributed by atoms with van der Waals surface area (Å²) in [6.45, 7) is 6.39. The van der Waals surface area contributed by atoms with Crippen LogP contribution in [0.4, 0.5) is 0 Å². The van der Waals surface area contributed by atoms with E-state index in [1.165, 1.54) is 75.1 Å². The largest absolute Gasteiger partial charge is 0.456 e. The second kappa shape index (κ2) is 12.5. The van der Waals surface area contributed by atoms with Crippen LogP contribution in [0.25, 0.3) is 69.6 Å². The average Bonchev–Trinajstić information content (AvgIpc) is 3.78. The van der Waals surface area contributed by atoms with Crippen LogP contribution in [0, 0.1) is 20.8 Å². The van der Waals surface area contributed by atoms with Crippen molar-refractivity contribution in [2.45, 2.75) is 20.8 Å². The Balaban J connectivity index is 0.000000108. The highest BCUT2D eigenvalue weighted by molar-refractivity contribution is 7.25. The summed E-state index contributed by atoms with van der Waals surface area (Å²) in [7, 11) is 0. The maximum Gasteiger partial charge on any atom is 0.135 e.